The van der Waals surface area contributed by atoms with E-state index in [-0.39, 0.29) is 29.2 Å². The topological polar surface area (TPSA) is 49.4 Å². The van der Waals surface area contributed by atoms with Crippen LogP contribution in [0.25, 0.3) is 0 Å². The molecule has 2 fully saturated rings. The zero-order valence-corrected chi connectivity index (χ0v) is 14.2. The van der Waals surface area contributed by atoms with Crippen molar-refractivity contribution in [1.82, 2.24) is 10.2 Å². The monoisotopic (exact) mass is 294 g/mol. The van der Waals surface area contributed by atoms with Gasteiger partial charge in [0, 0.05) is 6.54 Å². The van der Waals surface area contributed by atoms with Crippen molar-refractivity contribution in [3.63, 3.8) is 0 Å². The van der Waals surface area contributed by atoms with Crippen molar-refractivity contribution in [1.29, 1.82) is 0 Å². The van der Waals surface area contributed by atoms with Crippen molar-refractivity contribution in [3.8, 4) is 0 Å². The first-order valence-corrected chi connectivity index (χ1v) is 8.41. The van der Waals surface area contributed by atoms with Gasteiger partial charge in [-0.05, 0) is 37.0 Å². The van der Waals surface area contributed by atoms with Gasteiger partial charge < -0.3 is 10.2 Å². The maximum Gasteiger partial charge on any atom is 0.249 e. The summed E-state index contributed by atoms with van der Waals surface area (Å²) in [5.74, 6) is 0.291. The number of hydrogen-bond donors (Lipinski definition) is 1. The van der Waals surface area contributed by atoms with Gasteiger partial charge in [-0.25, -0.2) is 0 Å². The SMILES string of the molecule is CCC1(CC)NC(=O)C(C(C)C)N(CC2(C)CCC2)C1=O. The van der Waals surface area contributed by atoms with Gasteiger partial charge in [-0.3, -0.25) is 9.59 Å². The van der Waals surface area contributed by atoms with Gasteiger partial charge in [0.05, 0.1) is 0 Å². The Morgan fingerprint density at radius 1 is 1.24 bits per heavy atom. The number of hydrogen-bond acceptors (Lipinski definition) is 2. The Hall–Kier alpha value is -1.06. The van der Waals surface area contributed by atoms with E-state index in [1.807, 2.05) is 32.6 Å². The number of amides is 2. The summed E-state index contributed by atoms with van der Waals surface area (Å²) in [6, 6.07) is -0.318. The molecule has 1 unspecified atom stereocenters. The van der Waals surface area contributed by atoms with Crippen LogP contribution in [0.4, 0.5) is 0 Å². The van der Waals surface area contributed by atoms with Crippen LogP contribution in [-0.4, -0.2) is 34.8 Å². The van der Waals surface area contributed by atoms with Crippen molar-refractivity contribution in [2.24, 2.45) is 11.3 Å². The smallest absolute Gasteiger partial charge is 0.249 e. The lowest BCUT2D eigenvalue weighted by atomic mass is 9.69. The normalized spacial score (nSPS) is 27.5. The highest BCUT2D eigenvalue weighted by molar-refractivity contribution is 6.00. The summed E-state index contributed by atoms with van der Waals surface area (Å²) >= 11 is 0. The molecule has 0 bridgehead atoms. The van der Waals surface area contributed by atoms with Crippen LogP contribution in [-0.2, 0) is 9.59 Å². The zero-order valence-electron chi connectivity index (χ0n) is 14.2. The predicted octanol–water partition coefficient (Wildman–Crippen LogP) is 2.72. The van der Waals surface area contributed by atoms with Crippen LogP contribution in [0.1, 0.15) is 66.7 Å². The molecule has 21 heavy (non-hydrogen) atoms. The maximum atomic E-state index is 13.1. The second-order valence-corrected chi connectivity index (χ2v) is 7.56. The van der Waals surface area contributed by atoms with E-state index in [1.165, 1.54) is 6.42 Å². The fourth-order valence-electron chi connectivity index (χ4n) is 3.82. The summed E-state index contributed by atoms with van der Waals surface area (Å²) in [4.78, 5) is 27.6. The second-order valence-electron chi connectivity index (χ2n) is 7.56. The van der Waals surface area contributed by atoms with Crippen molar-refractivity contribution < 1.29 is 9.59 Å². The number of carbonyl (C=O) groups is 2. The molecule has 0 aromatic rings. The summed E-state index contributed by atoms with van der Waals surface area (Å²) in [6.45, 7) is 11.0. The molecule has 1 atom stereocenters. The van der Waals surface area contributed by atoms with Crippen LogP contribution in [0.15, 0.2) is 0 Å². The van der Waals surface area contributed by atoms with Crippen molar-refractivity contribution >= 4 is 11.8 Å². The maximum absolute atomic E-state index is 13.1. The molecule has 4 heteroatoms. The summed E-state index contributed by atoms with van der Waals surface area (Å²) < 4.78 is 0. The molecule has 0 aromatic heterocycles. The quantitative estimate of drug-likeness (QED) is 0.847. The first kappa shape index (κ1) is 16.3. The molecule has 1 saturated carbocycles. The summed E-state index contributed by atoms with van der Waals surface area (Å²) in [5.41, 5.74) is -0.490. The largest absolute Gasteiger partial charge is 0.340 e. The highest BCUT2D eigenvalue weighted by Gasteiger charge is 2.51. The molecular formula is C17H30N2O2. The third-order valence-electron chi connectivity index (χ3n) is 5.59. The van der Waals surface area contributed by atoms with E-state index in [9.17, 15) is 9.59 Å². The standard InChI is InChI=1S/C17H30N2O2/c1-6-17(7-2)15(21)19(11-16(5)9-8-10-16)13(12(3)4)14(20)18-17/h12-13H,6-11H2,1-5H3,(H,18,20). The number of nitrogens with zero attached hydrogens (tertiary/aromatic N) is 1. The van der Waals surface area contributed by atoms with Gasteiger partial charge >= 0.3 is 0 Å². The zero-order chi connectivity index (χ0) is 15.8. The Morgan fingerprint density at radius 3 is 2.19 bits per heavy atom. The third kappa shape index (κ3) is 2.69. The molecule has 120 valence electrons. The van der Waals surface area contributed by atoms with Crippen molar-refractivity contribution in [2.45, 2.75) is 78.3 Å². The molecule has 1 N–H and O–H groups in total. The highest BCUT2D eigenvalue weighted by Crippen LogP contribution is 2.42. The first-order chi connectivity index (χ1) is 9.78. The minimum absolute atomic E-state index is 0.0243. The molecule has 4 nitrogen and oxygen atoms in total. The fraction of sp³-hybridized carbons (Fsp3) is 0.882. The van der Waals surface area contributed by atoms with Gasteiger partial charge in [0.15, 0.2) is 0 Å². The summed E-state index contributed by atoms with van der Waals surface area (Å²) in [6.07, 6.45) is 4.88. The minimum Gasteiger partial charge on any atom is -0.340 e. The van der Waals surface area contributed by atoms with E-state index < -0.39 is 5.54 Å². The number of nitrogens with one attached hydrogen (secondary N) is 1. The van der Waals surface area contributed by atoms with Crippen LogP contribution in [0.2, 0.25) is 0 Å². The lowest BCUT2D eigenvalue weighted by Crippen LogP contribution is -2.72. The average Bonchev–Trinajstić information content (AvgIpc) is 2.40. The number of piperazine rings is 1. The van der Waals surface area contributed by atoms with Crippen molar-refractivity contribution in [3.05, 3.63) is 0 Å². The van der Waals surface area contributed by atoms with Crippen LogP contribution in [0.3, 0.4) is 0 Å². The molecule has 0 radical (unpaired) electrons. The van der Waals surface area contributed by atoms with E-state index in [2.05, 4.69) is 12.2 Å². The number of rotatable bonds is 5. The highest BCUT2D eigenvalue weighted by atomic mass is 16.2. The van der Waals surface area contributed by atoms with Gasteiger partial charge in [-0.2, -0.15) is 0 Å². The Balaban J connectivity index is 2.32. The molecule has 1 aliphatic heterocycles. The van der Waals surface area contributed by atoms with Crippen LogP contribution >= 0.6 is 0 Å². The second kappa shape index (κ2) is 5.62. The predicted molar refractivity (Wildman–Crippen MR) is 83.8 cm³/mol. The van der Waals surface area contributed by atoms with Crippen LogP contribution < -0.4 is 5.32 Å². The van der Waals surface area contributed by atoms with E-state index >= 15 is 0 Å². The number of carbonyl (C=O) groups excluding carboxylic acids is 2. The third-order valence-corrected chi connectivity index (χ3v) is 5.59. The van der Waals surface area contributed by atoms with Gasteiger partial charge in [-0.1, -0.05) is 41.0 Å². The van der Waals surface area contributed by atoms with Gasteiger partial charge in [0.1, 0.15) is 11.6 Å². The Kier molecular flexibility index (Phi) is 4.36. The van der Waals surface area contributed by atoms with E-state index in [1.54, 1.807) is 0 Å². The fourth-order valence-corrected chi connectivity index (χ4v) is 3.82. The summed E-state index contributed by atoms with van der Waals surface area (Å²) in [7, 11) is 0. The molecular weight excluding hydrogens is 264 g/mol. The molecule has 1 aliphatic carbocycles. The van der Waals surface area contributed by atoms with Crippen molar-refractivity contribution in [2.75, 3.05) is 6.54 Å². The molecule has 1 heterocycles. The van der Waals surface area contributed by atoms with E-state index in [0.717, 1.165) is 19.4 Å². The Morgan fingerprint density at radius 2 is 1.81 bits per heavy atom. The van der Waals surface area contributed by atoms with Gasteiger partial charge in [0.25, 0.3) is 0 Å². The lowest BCUT2D eigenvalue weighted by Gasteiger charge is -2.51. The van der Waals surface area contributed by atoms with E-state index in [4.69, 9.17) is 0 Å². The summed E-state index contributed by atoms with van der Waals surface area (Å²) in [5, 5.41) is 3.03. The van der Waals surface area contributed by atoms with Crippen LogP contribution in [0, 0.1) is 11.3 Å². The molecule has 2 rings (SSSR count). The molecule has 2 aliphatic rings. The molecule has 0 aromatic carbocycles. The average molecular weight is 294 g/mol. The van der Waals surface area contributed by atoms with E-state index in [0.29, 0.717) is 12.8 Å². The Bertz CT molecular complexity index is 423. The lowest BCUT2D eigenvalue weighted by molar-refractivity contribution is -0.160. The first-order valence-electron chi connectivity index (χ1n) is 8.41. The molecule has 1 saturated heterocycles. The Labute approximate surface area is 128 Å². The molecule has 0 spiro atoms. The van der Waals surface area contributed by atoms with Gasteiger partial charge in [0.2, 0.25) is 11.8 Å². The van der Waals surface area contributed by atoms with Gasteiger partial charge in [-0.15, -0.1) is 0 Å². The van der Waals surface area contributed by atoms with Crippen LogP contribution in [0.5, 0.6) is 0 Å². The molecule has 2 amide bonds. The minimum atomic E-state index is -0.692.